The fraction of sp³-hybridized carbons (Fsp3) is 0.238. The van der Waals surface area contributed by atoms with E-state index in [0.717, 1.165) is 11.8 Å². The normalized spacial score (nSPS) is 17.9. The molecular formula is C21H21N3O5. The molecule has 2 aromatic rings. The molecule has 8 heteroatoms. The lowest BCUT2D eigenvalue weighted by molar-refractivity contribution is -0.136. The second-order valence-corrected chi connectivity index (χ2v) is 6.35. The molecule has 3 rings (SSSR count). The van der Waals surface area contributed by atoms with Crippen LogP contribution in [0.2, 0.25) is 0 Å². The van der Waals surface area contributed by atoms with E-state index in [2.05, 4.69) is 15.6 Å². The van der Waals surface area contributed by atoms with Crippen molar-refractivity contribution in [2.45, 2.75) is 18.7 Å². The van der Waals surface area contributed by atoms with Gasteiger partial charge in [-0.1, -0.05) is 48.5 Å². The van der Waals surface area contributed by atoms with Crippen molar-refractivity contribution in [1.29, 1.82) is 0 Å². The maximum Gasteiger partial charge on any atom is 0.349 e. The molecule has 1 fully saturated rings. The zero-order valence-corrected chi connectivity index (χ0v) is 15.6. The molecule has 0 saturated carbocycles. The van der Waals surface area contributed by atoms with Crippen molar-refractivity contribution < 1.29 is 23.9 Å². The number of nitrogens with zero attached hydrogens (tertiary/aromatic N) is 1. The third-order valence-corrected chi connectivity index (χ3v) is 4.16. The SMILES string of the molecule is O=C(COc1ccccc1)N[C@@H]1C(=O)N[C@@H]1CN=CC(=O)OCc1ccccc1. The first-order valence-corrected chi connectivity index (χ1v) is 9.10. The number of rotatable bonds is 9. The molecule has 2 atom stereocenters. The predicted octanol–water partition coefficient (Wildman–Crippen LogP) is 0.863. The third-order valence-electron chi connectivity index (χ3n) is 4.16. The van der Waals surface area contributed by atoms with Gasteiger partial charge in [0.15, 0.2) is 6.61 Å². The highest BCUT2D eigenvalue weighted by Gasteiger charge is 2.40. The molecule has 0 radical (unpaired) electrons. The smallest absolute Gasteiger partial charge is 0.349 e. The van der Waals surface area contributed by atoms with Gasteiger partial charge >= 0.3 is 5.97 Å². The molecule has 29 heavy (non-hydrogen) atoms. The van der Waals surface area contributed by atoms with Crippen molar-refractivity contribution in [1.82, 2.24) is 10.6 Å². The van der Waals surface area contributed by atoms with E-state index >= 15 is 0 Å². The van der Waals surface area contributed by atoms with Crippen LogP contribution in [0.1, 0.15) is 5.56 Å². The molecule has 8 nitrogen and oxygen atoms in total. The third kappa shape index (κ3) is 6.17. The Bertz CT molecular complexity index is 870. The Morgan fingerprint density at radius 3 is 2.45 bits per heavy atom. The van der Waals surface area contributed by atoms with Gasteiger partial charge in [0, 0.05) is 0 Å². The van der Waals surface area contributed by atoms with Gasteiger partial charge in [-0.25, -0.2) is 4.79 Å². The molecule has 150 valence electrons. The van der Waals surface area contributed by atoms with Gasteiger partial charge in [-0.2, -0.15) is 0 Å². The van der Waals surface area contributed by atoms with Crippen LogP contribution in [0, 0.1) is 0 Å². The van der Waals surface area contributed by atoms with Gasteiger partial charge < -0.3 is 20.1 Å². The maximum absolute atomic E-state index is 12.0. The summed E-state index contributed by atoms with van der Waals surface area (Å²) in [7, 11) is 0. The fourth-order valence-electron chi connectivity index (χ4n) is 2.65. The lowest BCUT2D eigenvalue weighted by Gasteiger charge is -2.36. The summed E-state index contributed by atoms with van der Waals surface area (Å²) in [6.45, 7) is 0.109. The number of β-lactam (4-membered cyclic amide) rings is 1. The summed E-state index contributed by atoms with van der Waals surface area (Å²) in [6.07, 6.45) is 1.07. The molecule has 2 amide bonds. The van der Waals surface area contributed by atoms with Gasteiger partial charge in [-0.05, 0) is 17.7 Å². The van der Waals surface area contributed by atoms with Gasteiger partial charge in [0.25, 0.3) is 5.91 Å². The summed E-state index contributed by atoms with van der Waals surface area (Å²) in [6, 6.07) is 17.1. The number of ether oxygens (including phenoxy) is 2. The van der Waals surface area contributed by atoms with E-state index < -0.39 is 17.9 Å². The Morgan fingerprint density at radius 2 is 1.76 bits per heavy atom. The van der Waals surface area contributed by atoms with E-state index in [1.165, 1.54) is 0 Å². The molecule has 2 N–H and O–H groups in total. The number of hydrogen-bond acceptors (Lipinski definition) is 6. The summed E-state index contributed by atoms with van der Waals surface area (Å²) in [5.41, 5.74) is 0.876. The molecule has 0 aromatic heterocycles. The summed E-state index contributed by atoms with van der Waals surface area (Å²) in [5, 5.41) is 5.25. The minimum absolute atomic E-state index is 0.149. The van der Waals surface area contributed by atoms with Crippen molar-refractivity contribution >= 4 is 24.0 Å². The summed E-state index contributed by atoms with van der Waals surface area (Å²) < 4.78 is 10.4. The molecule has 1 aliphatic rings. The lowest BCUT2D eigenvalue weighted by atomic mass is 9.99. The van der Waals surface area contributed by atoms with E-state index in [1.54, 1.807) is 24.3 Å². The number of esters is 1. The van der Waals surface area contributed by atoms with Crippen molar-refractivity contribution in [3.8, 4) is 5.75 Å². The second kappa shape index (κ2) is 10.0. The molecule has 2 aromatic carbocycles. The zero-order chi connectivity index (χ0) is 20.5. The van der Waals surface area contributed by atoms with Crippen molar-refractivity contribution in [3.05, 3.63) is 66.2 Å². The van der Waals surface area contributed by atoms with Gasteiger partial charge in [-0.15, -0.1) is 0 Å². The van der Waals surface area contributed by atoms with E-state index in [9.17, 15) is 14.4 Å². The zero-order valence-electron chi connectivity index (χ0n) is 15.6. The van der Waals surface area contributed by atoms with Crippen LogP contribution in [0.3, 0.4) is 0 Å². The first-order valence-electron chi connectivity index (χ1n) is 9.10. The predicted molar refractivity (Wildman–Crippen MR) is 105 cm³/mol. The lowest BCUT2D eigenvalue weighted by Crippen LogP contribution is -2.70. The van der Waals surface area contributed by atoms with Gasteiger partial charge in [0.05, 0.1) is 12.6 Å². The average Bonchev–Trinajstić information content (AvgIpc) is 2.75. The topological polar surface area (TPSA) is 106 Å². The number of amides is 2. The Kier molecular flexibility index (Phi) is 6.94. The highest BCUT2D eigenvalue weighted by atomic mass is 16.5. The first-order chi connectivity index (χ1) is 14.1. The van der Waals surface area contributed by atoms with Crippen molar-refractivity contribution in [2.24, 2.45) is 4.99 Å². The van der Waals surface area contributed by atoms with Crippen molar-refractivity contribution in [3.63, 3.8) is 0 Å². The maximum atomic E-state index is 12.0. The van der Waals surface area contributed by atoms with Crippen LogP contribution in [-0.2, 0) is 25.7 Å². The molecular weight excluding hydrogens is 374 g/mol. The van der Waals surface area contributed by atoms with Gasteiger partial charge in [0.2, 0.25) is 5.91 Å². The molecule has 0 spiro atoms. The van der Waals surface area contributed by atoms with Crippen LogP contribution in [-0.4, -0.2) is 49.2 Å². The van der Waals surface area contributed by atoms with E-state index in [0.29, 0.717) is 5.75 Å². The van der Waals surface area contributed by atoms with E-state index in [4.69, 9.17) is 9.47 Å². The van der Waals surface area contributed by atoms with Crippen LogP contribution in [0.5, 0.6) is 5.75 Å². The monoisotopic (exact) mass is 395 g/mol. The minimum atomic E-state index is -0.709. The largest absolute Gasteiger partial charge is 0.484 e. The van der Waals surface area contributed by atoms with Gasteiger partial charge in [-0.3, -0.25) is 14.6 Å². The number of carbonyl (C=O) groups is 3. The quantitative estimate of drug-likeness (QED) is 0.372. The molecule has 1 heterocycles. The van der Waals surface area contributed by atoms with Crippen LogP contribution in [0.25, 0.3) is 0 Å². The van der Waals surface area contributed by atoms with Crippen LogP contribution in [0.15, 0.2) is 65.7 Å². The van der Waals surface area contributed by atoms with Gasteiger partial charge in [0.1, 0.15) is 24.6 Å². The van der Waals surface area contributed by atoms with Crippen molar-refractivity contribution in [2.75, 3.05) is 13.2 Å². The second-order valence-electron chi connectivity index (χ2n) is 6.35. The highest BCUT2D eigenvalue weighted by Crippen LogP contribution is 2.09. The average molecular weight is 395 g/mol. The Labute approximate surface area is 167 Å². The Balaban J connectivity index is 1.38. The first kappa shape index (κ1) is 20.1. The summed E-state index contributed by atoms with van der Waals surface area (Å²) >= 11 is 0. The molecule has 1 saturated heterocycles. The van der Waals surface area contributed by atoms with E-state index in [-0.39, 0.29) is 31.7 Å². The minimum Gasteiger partial charge on any atom is -0.484 e. The fourth-order valence-corrected chi connectivity index (χ4v) is 2.65. The number of nitrogens with one attached hydrogen (secondary N) is 2. The molecule has 0 unspecified atom stereocenters. The highest BCUT2D eigenvalue weighted by molar-refractivity contribution is 6.23. The Hall–Kier alpha value is -3.68. The standard InChI is InChI=1S/C21H21N3O5/c25-18(14-28-16-9-5-2-6-10-16)24-20-17(23-21(20)27)11-22-12-19(26)29-13-15-7-3-1-4-8-15/h1-10,12,17,20H,11,13-14H2,(H,23,27)(H,24,25)/t17-,20+/m1/s1. The molecule has 0 bridgehead atoms. The number of para-hydroxylation sites is 1. The van der Waals surface area contributed by atoms with E-state index in [1.807, 2.05) is 36.4 Å². The molecule has 1 aliphatic heterocycles. The number of hydrogen-bond donors (Lipinski definition) is 2. The van der Waals surface area contributed by atoms with Crippen LogP contribution >= 0.6 is 0 Å². The number of carbonyl (C=O) groups excluding carboxylic acids is 3. The summed E-state index contributed by atoms with van der Waals surface area (Å²) in [5.74, 6) is -0.720. The molecule has 0 aliphatic carbocycles. The van der Waals surface area contributed by atoms with Crippen LogP contribution < -0.4 is 15.4 Å². The number of benzene rings is 2. The summed E-state index contributed by atoms with van der Waals surface area (Å²) in [4.78, 5) is 39.4. The number of aliphatic imine (C=N–C) groups is 1. The van der Waals surface area contributed by atoms with Crippen LogP contribution in [0.4, 0.5) is 0 Å². The Morgan fingerprint density at radius 1 is 1.07 bits per heavy atom.